The molecule has 0 aromatic carbocycles. The highest BCUT2D eigenvalue weighted by Crippen LogP contribution is 2.27. The zero-order valence-electron chi connectivity index (χ0n) is 9.26. The van der Waals surface area contributed by atoms with Gasteiger partial charge >= 0.3 is 0 Å². The molecule has 14 heavy (non-hydrogen) atoms. The molecule has 0 aromatic rings. The van der Waals surface area contributed by atoms with E-state index in [1.54, 1.807) is 7.11 Å². The van der Waals surface area contributed by atoms with E-state index in [0.29, 0.717) is 11.5 Å². The summed E-state index contributed by atoms with van der Waals surface area (Å²) in [4.78, 5) is 0. The molecule has 1 N–H and O–H groups in total. The first-order chi connectivity index (χ1) is 6.72. The summed E-state index contributed by atoms with van der Waals surface area (Å²) in [5, 5.41) is 3.86. The SMILES string of the molecule is COC(C)CNCC1CCCC(Cl)C1. The standard InChI is InChI=1S/C11H22ClNO/c1-9(14-2)7-13-8-10-4-3-5-11(12)6-10/h9-11,13H,3-8H2,1-2H3. The van der Waals surface area contributed by atoms with Crippen molar-refractivity contribution in [3.05, 3.63) is 0 Å². The van der Waals surface area contributed by atoms with Gasteiger partial charge in [-0.3, -0.25) is 0 Å². The van der Waals surface area contributed by atoms with Gasteiger partial charge in [0.05, 0.1) is 6.10 Å². The second kappa shape index (κ2) is 6.65. The highest BCUT2D eigenvalue weighted by Gasteiger charge is 2.19. The molecule has 0 aliphatic heterocycles. The van der Waals surface area contributed by atoms with Gasteiger partial charge in [0.2, 0.25) is 0 Å². The van der Waals surface area contributed by atoms with E-state index < -0.39 is 0 Å². The Hall–Kier alpha value is 0.210. The molecule has 1 saturated carbocycles. The fraction of sp³-hybridized carbons (Fsp3) is 1.00. The van der Waals surface area contributed by atoms with Gasteiger partial charge in [-0.05, 0) is 38.6 Å². The van der Waals surface area contributed by atoms with Crippen molar-refractivity contribution < 1.29 is 4.74 Å². The summed E-state index contributed by atoms with van der Waals surface area (Å²) in [5.41, 5.74) is 0. The van der Waals surface area contributed by atoms with Crippen molar-refractivity contribution in [2.45, 2.75) is 44.1 Å². The molecule has 3 unspecified atom stereocenters. The van der Waals surface area contributed by atoms with E-state index in [1.165, 1.54) is 25.7 Å². The predicted octanol–water partition coefficient (Wildman–Crippen LogP) is 2.41. The Morgan fingerprint density at radius 2 is 2.29 bits per heavy atom. The summed E-state index contributed by atoms with van der Waals surface area (Å²) in [6.07, 6.45) is 5.31. The van der Waals surface area contributed by atoms with Crippen LogP contribution in [-0.4, -0.2) is 31.7 Å². The number of hydrogen-bond acceptors (Lipinski definition) is 2. The molecule has 0 saturated heterocycles. The minimum atomic E-state index is 0.311. The number of halogens is 1. The van der Waals surface area contributed by atoms with Crippen LogP contribution in [0.3, 0.4) is 0 Å². The second-order valence-corrected chi connectivity index (χ2v) is 4.95. The average Bonchev–Trinajstić information content (AvgIpc) is 2.17. The van der Waals surface area contributed by atoms with Gasteiger partial charge in [0.15, 0.2) is 0 Å². The molecule has 1 rings (SSSR count). The third-order valence-corrected chi connectivity index (χ3v) is 3.38. The molecule has 0 heterocycles. The fourth-order valence-electron chi connectivity index (χ4n) is 1.98. The maximum atomic E-state index is 6.13. The van der Waals surface area contributed by atoms with Crippen molar-refractivity contribution in [3.63, 3.8) is 0 Å². The average molecular weight is 220 g/mol. The quantitative estimate of drug-likeness (QED) is 0.718. The van der Waals surface area contributed by atoms with Crippen LogP contribution < -0.4 is 5.32 Å². The maximum absolute atomic E-state index is 6.13. The summed E-state index contributed by atoms with van der Waals surface area (Å²) in [7, 11) is 1.75. The molecule has 0 spiro atoms. The van der Waals surface area contributed by atoms with Crippen molar-refractivity contribution in [1.29, 1.82) is 0 Å². The minimum Gasteiger partial charge on any atom is -0.380 e. The van der Waals surface area contributed by atoms with Crippen molar-refractivity contribution in [1.82, 2.24) is 5.32 Å². The molecule has 2 nitrogen and oxygen atoms in total. The largest absolute Gasteiger partial charge is 0.380 e. The van der Waals surface area contributed by atoms with Gasteiger partial charge in [-0.25, -0.2) is 0 Å². The van der Waals surface area contributed by atoms with E-state index in [9.17, 15) is 0 Å². The number of alkyl halides is 1. The molecule has 3 heteroatoms. The zero-order chi connectivity index (χ0) is 10.4. The van der Waals surface area contributed by atoms with E-state index in [4.69, 9.17) is 16.3 Å². The Morgan fingerprint density at radius 1 is 1.50 bits per heavy atom. The summed E-state index contributed by atoms with van der Waals surface area (Å²) < 4.78 is 5.17. The smallest absolute Gasteiger partial charge is 0.0667 e. The van der Waals surface area contributed by atoms with E-state index in [1.807, 2.05) is 0 Å². The van der Waals surface area contributed by atoms with Crippen molar-refractivity contribution >= 4 is 11.6 Å². The lowest BCUT2D eigenvalue weighted by atomic mass is 9.89. The molecular formula is C11H22ClNO. The fourth-order valence-corrected chi connectivity index (χ4v) is 2.39. The van der Waals surface area contributed by atoms with Gasteiger partial charge in [0.1, 0.15) is 0 Å². The normalized spacial score (nSPS) is 30.2. The van der Waals surface area contributed by atoms with Crippen LogP contribution in [0.25, 0.3) is 0 Å². The summed E-state index contributed by atoms with van der Waals surface area (Å²) in [6, 6.07) is 0. The van der Waals surface area contributed by atoms with Gasteiger partial charge in [-0.1, -0.05) is 6.42 Å². The van der Waals surface area contributed by atoms with E-state index >= 15 is 0 Å². The van der Waals surface area contributed by atoms with E-state index in [0.717, 1.165) is 19.0 Å². The zero-order valence-corrected chi connectivity index (χ0v) is 10.0. The Kier molecular flexibility index (Phi) is 5.83. The van der Waals surface area contributed by atoms with Crippen LogP contribution in [0.2, 0.25) is 0 Å². The van der Waals surface area contributed by atoms with Gasteiger partial charge in [-0.15, -0.1) is 11.6 Å². The molecular weight excluding hydrogens is 198 g/mol. The second-order valence-electron chi connectivity index (χ2n) is 4.33. The molecule has 1 aliphatic carbocycles. The number of nitrogens with one attached hydrogen (secondary N) is 1. The van der Waals surface area contributed by atoms with Crippen LogP contribution in [-0.2, 0) is 4.74 Å². The highest BCUT2D eigenvalue weighted by atomic mass is 35.5. The van der Waals surface area contributed by atoms with E-state index in [-0.39, 0.29) is 0 Å². The first kappa shape index (κ1) is 12.3. The Morgan fingerprint density at radius 3 is 2.93 bits per heavy atom. The van der Waals surface area contributed by atoms with Gasteiger partial charge in [-0.2, -0.15) is 0 Å². The lowest BCUT2D eigenvalue weighted by molar-refractivity contribution is 0.115. The Bertz CT molecular complexity index is 154. The summed E-state index contributed by atoms with van der Waals surface area (Å²) >= 11 is 6.13. The van der Waals surface area contributed by atoms with Crippen molar-refractivity contribution in [3.8, 4) is 0 Å². The Balaban J connectivity index is 2.05. The molecule has 0 radical (unpaired) electrons. The van der Waals surface area contributed by atoms with Crippen LogP contribution in [0.15, 0.2) is 0 Å². The lowest BCUT2D eigenvalue weighted by Gasteiger charge is -2.26. The van der Waals surface area contributed by atoms with E-state index in [2.05, 4.69) is 12.2 Å². The molecule has 1 fully saturated rings. The minimum absolute atomic E-state index is 0.311. The third-order valence-electron chi connectivity index (χ3n) is 2.99. The van der Waals surface area contributed by atoms with Crippen molar-refractivity contribution in [2.24, 2.45) is 5.92 Å². The maximum Gasteiger partial charge on any atom is 0.0667 e. The van der Waals surface area contributed by atoms with Gasteiger partial charge in [0.25, 0.3) is 0 Å². The topological polar surface area (TPSA) is 21.3 Å². The summed E-state index contributed by atoms with van der Waals surface area (Å²) in [5.74, 6) is 0.773. The van der Waals surface area contributed by atoms with Crippen LogP contribution in [0.1, 0.15) is 32.6 Å². The van der Waals surface area contributed by atoms with Crippen LogP contribution in [0.4, 0.5) is 0 Å². The Labute approximate surface area is 92.3 Å². The molecule has 84 valence electrons. The highest BCUT2D eigenvalue weighted by molar-refractivity contribution is 6.20. The first-order valence-corrected chi connectivity index (χ1v) is 6.03. The molecule has 0 amide bonds. The van der Waals surface area contributed by atoms with Crippen molar-refractivity contribution in [2.75, 3.05) is 20.2 Å². The molecule has 0 aromatic heterocycles. The van der Waals surface area contributed by atoms with Crippen LogP contribution in [0.5, 0.6) is 0 Å². The number of hydrogen-bond donors (Lipinski definition) is 1. The number of methoxy groups -OCH3 is 1. The lowest BCUT2D eigenvalue weighted by Crippen LogP contribution is -2.32. The molecule has 1 aliphatic rings. The molecule has 3 atom stereocenters. The van der Waals surface area contributed by atoms with Gasteiger partial charge < -0.3 is 10.1 Å². The van der Waals surface area contributed by atoms with Crippen LogP contribution in [0, 0.1) is 5.92 Å². The molecule has 0 bridgehead atoms. The van der Waals surface area contributed by atoms with Gasteiger partial charge in [0, 0.05) is 19.0 Å². The number of ether oxygens (including phenoxy) is 1. The monoisotopic (exact) mass is 219 g/mol. The third kappa shape index (κ3) is 4.63. The van der Waals surface area contributed by atoms with Crippen LogP contribution >= 0.6 is 11.6 Å². The number of rotatable bonds is 5. The summed E-state index contributed by atoms with van der Waals surface area (Å²) in [6.45, 7) is 4.12. The predicted molar refractivity (Wildman–Crippen MR) is 60.9 cm³/mol. The first-order valence-electron chi connectivity index (χ1n) is 5.60.